The van der Waals surface area contributed by atoms with Gasteiger partial charge in [-0.3, -0.25) is 14.5 Å². The van der Waals surface area contributed by atoms with Gasteiger partial charge >= 0.3 is 6.03 Å². The number of carbonyl (C=O) groups excluding carboxylic acids is 3. The molecule has 4 rings (SSSR count). The molecule has 0 radical (unpaired) electrons. The zero-order valence-electron chi connectivity index (χ0n) is 16.2. The molecule has 4 amide bonds. The Bertz CT molecular complexity index is 1050. The summed E-state index contributed by atoms with van der Waals surface area (Å²) in [6, 6.07) is 27.0. The standard InChI is InChI=1S/C24H21N3O3/c28-21(25-20-14-8-3-9-15-20)17-27-22(29)24(26-23(27)30,19-12-6-2-7-13-19)16-18-10-4-1-5-11-18/h1-15H,16-17H2,(H,25,28)(H,26,30)/t24-/m0/s1. The van der Waals surface area contributed by atoms with Crippen LogP contribution in [0.2, 0.25) is 0 Å². The molecule has 0 aromatic heterocycles. The second kappa shape index (κ2) is 8.21. The first-order valence-electron chi connectivity index (χ1n) is 9.67. The number of urea groups is 1. The van der Waals surface area contributed by atoms with Crippen molar-refractivity contribution in [1.29, 1.82) is 0 Å². The average Bonchev–Trinajstić information content (AvgIpc) is 3.01. The molecule has 3 aromatic rings. The summed E-state index contributed by atoms with van der Waals surface area (Å²) in [7, 11) is 0. The number of anilines is 1. The Labute approximate surface area is 174 Å². The van der Waals surface area contributed by atoms with E-state index in [1.54, 1.807) is 24.3 Å². The number of para-hydroxylation sites is 1. The molecule has 1 fully saturated rings. The van der Waals surface area contributed by atoms with Crippen molar-refractivity contribution in [3.8, 4) is 0 Å². The first kappa shape index (κ1) is 19.4. The Balaban J connectivity index is 1.61. The van der Waals surface area contributed by atoms with Crippen molar-refractivity contribution in [2.45, 2.75) is 12.0 Å². The fraction of sp³-hybridized carbons (Fsp3) is 0.125. The van der Waals surface area contributed by atoms with E-state index in [1.807, 2.05) is 66.7 Å². The molecule has 30 heavy (non-hydrogen) atoms. The van der Waals surface area contributed by atoms with Gasteiger partial charge in [-0.2, -0.15) is 0 Å². The minimum absolute atomic E-state index is 0.291. The van der Waals surface area contributed by atoms with Crippen LogP contribution in [0.1, 0.15) is 11.1 Å². The minimum atomic E-state index is -1.26. The van der Waals surface area contributed by atoms with E-state index in [-0.39, 0.29) is 6.54 Å². The second-order valence-electron chi connectivity index (χ2n) is 7.17. The third kappa shape index (κ3) is 3.80. The molecule has 1 heterocycles. The first-order valence-corrected chi connectivity index (χ1v) is 9.67. The van der Waals surface area contributed by atoms with Crippen LogP contribution in [0.5, 0.6) is 0 Å². The highest BCUT2D eigenvalue weighted by Crippen LogP contribution is 2.33. The number of nitrogens with one attached hydrogen (secondary N) is 2. The maximum absolute atomic E-state index is 13.5. The molecule has 0 bridgehead atoms. The molecule has 150 valence electrons. The number of amides is 4. The third-order valence-corrected chi connectivity index (χ3v) is 5.11. The predicted molar refractivity (Wildman–Crippen MR) is 114 cm³/mol. The van der Waals surface area contributed by atoms with E-state index in [0.29, 0.717) is 17.7 Å². The van der Waals surface area contributed by atoms with E-state index < -0.39 is 23.4 Å². The van der Waals surface area contributed by atoms with Gasteiger partial charge in [0.25, 0.3) is 5.91 Å². The van der Waals surface area contributed by atoms with Crippen molar-refractivity contribution in [1.82, 2.24) is 10.2 Å². The van der Waals surface area contributed by atoms with Gasteiger partial charge < -0.3 is 10.6 Å². The van der Waals surface area contributed by atoms with Crippen molar-refractivity contribution in [2.24, 2.45) is 0 Å². The number of imide groups is 1. The molecule has 3 aromatic carbocycles. The summed E-state index contributed by atoms with van der Waals surface area (Å²) < 4.78 is 0. The van der Waals surface area contributed by atoms with Crippen LogP contribution in [0.3, 0.4) is 0 Å². The smallest absolute Gasteiger partial charge is 0.325 e. The van der Waals surface area contributed by atoms with Gasteiger partial charge in [-0.15, -0.1) is 0 Å². The lowest BCUT2D eigenvalue weighted by Gasteiger charge is -2.27. The highest BCUT2D eigenvalue weighted by atomic mass is 16.2. The molecule has 1 aliphatic heterocycles. The van der Waals surface area contributed by atoms with Gasteiger partial charge in [0.1, 0.15) is 6.54 Å². The third-order valence-electron chi connectivity index (χ3n) is 5.11. The van der Waals surface area contributed by atoms with Gasteiger partial charge in [0.2, 0.25) is 5.91 Å². The quantitative estimate of drug-likeness (QED) is 0.624. The zero-order valence-corrected chi connectivity index (χ0v) is 16.2. The van der Waals surface area contributed by atoms with Crippen molar-refractivity contribution in [3.05, 3.63) is 102 Å². The predicted octanol–water partition coefficient (Wildman–Crippen LogP) is 3.32. The summed E-state index contributed by atoms with van der Waals surface area (Å²) in [6.07, 6.45) is 0.291. The van der Waals surface area contributed by atoms with Crippen LogP contribution in [0.4, 0.5) is 10.5 Å². The largest absolute Gasteiger partial charge is 0.325 e. The molecule has 1 atom stereocenters. The van der Waals surface area contributed by atoms with Gasteiger partial charge in [0.05, 0.1) is 0 Å². The number of carbonyl (C=O) groups is 3. The van der Waals surface area contributed by atoms with E-state index in [2.05, 4.69) is 10.6 Å². The Kier molecular flexibility index (Phi) is 5.30. The molecule has 1 saturated heterocycles. The SMILES string of the molecule is O=C(CN1C(=O)N[C@@](Cc2ccccc2)(c2ccccc2)C1=O)Nc1ccccc1. The number of rotatable bonds is 6. The summed E-state index contributed by atoms with van der Waals surface area (Å²) in [4.78, 5) is 39.7. The van der Waals surface area contributed by atoms with Crippen LogP contribution in [0, 0.1) is 0 Å². The Morgan fingerprint density at radius 3 is 2.03 bits per heavy atom. The first-order chi connectivity index (χ1) is 14.6. The molecule has 0 saturated carbocycles. The van der Waals surface area contributed by atoms with Crippen molar-refractivity contribution in [3.63, 3.8) is 0 Å². The fourth-order valence-electron chi connectivity index (χ4n) is 3.68. The Morgan fingerprint density at radius 1 is 0.833 bits per heavy atom. The van der Waals surface area contributed by atoms with Crippen LogP contribution in [-0.2, 0) is 21.5 Å². The number of hydrogen-bond acceptors (Lipinski definition) is 3. The topological polar surface area (TPSA) is 78.5 Å². The van der Waals surface area contributed by atoms with Crippen LogP contribution in [0.15, 0.2) is 91.0 Å². The minimum Gasteiger partial charge on any atom is -0.325 e. The molecule has 1 aliphatic rings. The van der Waals surface area contributed by atoms with E-state index in [9.17, 15) is 14.4 Å². The van der Waals surface area contributed by atoms with Crippen LogP contribution in [-0.4, -0.2) is 29.3 Å². The summed E-state index contributed by atoms with van der Waals surface area (Å²) in [6.45, 7) is -0.358. The highest BCUT2D eigenvalue weighted by molar-refractivity contribution is 6.10. The molecule has 6 nitrogen and oxygen atoms in total. The molecular weight excluding hydrogens is 378 g/mol. The molecular formula is C24H21N3O3. The fourth-order valence-corrected chi connectivity index (χ4v) is 3.68. The summed E-state index contributed by atoms with van der Waals surface area (Å²) >= 11 is 0. The summed E-state index contributed by atoms with van der Waals surface area (Å²) in [5, 5.41) is 5.57. The normalized spacial score (nSPS) is 18.2. The van der Waals surface area contributed by atoms with Crippen LogP contribution in [0.25, 0.3) is 0 Å². The van der Waals surface area contributed by atoms with E-state index in [1.165, 1.54) is 0 Å². The van der Waals surface area contributed by atoms with Crippen LogP contribution < -0.4 is 10.6 Å². The van der Waals surface area contributed by atoms with Gasteiger partial charge in [-0.05, 0) is 23.3 Å². The van der Waals surface area contributed by atoms with Gasteiger partial charge in [-0.25, -0.2) is 4.79 Å². The second-order valence-corrected chi connectivity index (χ2v) is 7.17. The Morgan fingerprint density at radius 2 is 1.40 bits per heavy atom. The highest BCUT2D eigenvalue weighted by Gasteiger charge is 2.52. The van der Waals surface area contributed by atoms with E-state index >= 15 is 0 Å². The summed E-state index contributed by atoms with van der Waals surface area (Å²) in [5.74, 6) is -0.876. The zero-order chi connectivity index (χ0) is 21.0. The van der Waals surface area contributed by atoms with Gasteiger partial charge in [0.15, 0.2) is 5.54 Å². The van der Waals surface area contributed by atoms with Crippen molar-refractivity contribution in [2.75, 3.05) is 11.9 Å². The lowest BCUT2D eigenvalue weighted by atomic mass is 9.83. The lowest BCUT2D eigenvalue weighted by Crippen LogP contribution is -2.46. The molecule has 2 N–H and O–H groups in total. The number of hydrogen-bond donors (Lipinski definition) is 2. The molecule has 0 unspecified atom stereocenters. The number of nitrogens with zero attached hydrogens (tertiary/aromatic N) is 1. The lowest BCUT2D eigenvalue weighted by molar-refractivity contribution is -0.134. The van der Waals surface area contributed by atoms with Crippen molar-refractivity contribution < 1.29 is 14.4 Å². The Hall–Kier alpha value is -3.93. The van der Waals surface area contributed by atoms with Gasteiger partial charge in [-0.1, -0.05) is 78.9 Å². The molecule has 0 spiro atoms. The van der Waals surface area contributed by atoms with E-state index in [4.69, 9.17) is 0 Å². The summed E-state index contributed by atoms with van der Waals surface area (Å²) in [5.41, 5.74) is 0.934. The number of benzene rings is 3. The monoisotopic (exact) mass is 399 g/mol. The molecule has 6 heteroatoms. The van der Waals surface area contributed by atoms with E-state index in [0.717, 1.165) is 10.5 Å². The van der Waals surface area contributed by atoms with Crippen molar-refractivity contribution >= 4 is 23.5 Å². The molecule has 0 aliphatic carbocycles. The van der Waals surface area contributed by atoms with Gasteiger partial charge in [0, 0.05) is 12.1 Å². The average molecular weight is 399 g/mol. The maximum atomic E-state index is 13.5. The maximum Gasteiger partial charge on any atom is 0.325 e. The van der Waals surface area contributed by atoms with Crippen LogP contribution >= 0.6 is 0 Å².